The van der Waals surface area contributed by atoms with Gasteiger partial charge in [-0.25, -0.2) is 4.79 Å². The molecule has 0 radical (unpaired) electrons. The van der Waals surface area contributed by atoms with Crippen LogP contribution in [0.4, 0.5) is 5.69 Å². The van der Waals surface area contributed by atoms with Crippen LogP contribution in [-0.4, -0.2) is 34.5 Å². The molecule has 7 heteroatoms. The summed E-state index contributed by atoms with van der Waals surface area (Å²) in [7, 11) is 0. The van der Waals surface area contributed by atoms with Crippen molar-refractivity contribution in [1.29, 1.82) is 0 Å². The van der Waals surface area contributed by atoms with Crippen molar-refractivity contribution in [1.82, 2.24) is 4.98 Å². The van der Waals surface area contributed by atoms with Gasteiger partial charge < -0.3 is 10.1 Å². The maximum Gasteiger partial charge on any atom is 0.339 e. The second kappa shape index (κ2) is 8.85. The Balaban J connectivity index is 1.35. The number of aryl methyl sites for hydroxylation is 2. The molecule has 1 amide bonds. The van der Waals surface area contributed by atoms with Crippen LogP contribution in [0.25, 0.3) is 10.9 Å². The molecule has 1 unspecified atom stereocenters. The van der Waals surface area contributed by atoms with Crippen LogP contribution in [0.5, 0.6) is 0 Å². The first-order valence-corrected chi connectivity index (χ1v) is 11.5. The van der Waals surface area contributed by atoms with Gasteiger partial charge in [-0.1, -0.05) is 35.9 Å². The minimum Gasteiger partial charge on any atom is -0.449 e. The number of ketones is 2. The van der Waals surface area contributed by atoms with Gasteiger partial charge in [0.05, 0.1) is 11.1 Å². The lowest BCUT2D eigenvalue weighted by Crippen LogP contribution is -2.30. The van der Waals surface area contributed by atoms with E-state index in [4.69, 9.17) is 4.74 Å². The molecule has 178 valence electrons. The minimum absolute atomic E-state index is 0.218. The molecule has 1 aliphatic rings. The third kappa shape index (κ3) is 4.05. The summed E-state index contributed by atoms with van der Waals surface area (Å²) in [5.74, 6) is -1.73. The zero-order chi connectivity index (χ0) is 25.6. The third-order valence-electron chi connectivity index (χ3n) is 6.16. The van der Waals surface area contributed by atoms with Gasteiger partial charge in [-0.15, -0.1) is 0 Å². The summed E-state index contributed by atoms with van der Waals surface area (Å²) in [6.07, 6.45) is -1.11. The Hall–Kier alpha value is -4.65. The number of rotatable bonds is 4. The largest absolute Gasteiger partial charge is 0.449 e. The lowest BCUT2D eigenvalue weighted by Gasteiger charge is -2.19. The molecule has 0 saturated carbocycles. The van der Waals surface area contributed by atoms with Crippen LogP contribution in [0.3, 0.4) is 0 Å². The summed E-state index contributed by atoms with van der Waals surface area (Å²) in [5.41, 5.74) is 4.14. The van der Waals surface area contributed by atoms with Gasteiger partial charge >= 0.3 is 5.97 Å². The number of ether oxygens (including phenoxy) is 1. The number of carbonyl (C=O) groups excluding carboxylic acids is 4. The van der Waals surface area contributed by atoms with Gasteiger partial charge in [-0.2, -0.15) is 0 Å². The molecule has 0 aliphatic heterocycles. The van der Waals surface area contributed by atoms with E-state index < -0.39 is 18.0 Å². The number of carbonyl (C=O) groups is 4. The van der Waals surface area contributed by atoms with Crippen molar-refractivity contribution in [3.63, 3.8) is 0 Å². The number of fused-ring (bicyclic) bond motifs is 3. The smallest absolute Gasteiger partial charge is 0.339 e. The van der Waals surface area contributed by atoms with E-state index in [1.807, 2.05) is 25.1 Å². The average molecular weight is 479 g/mol. The van der Waals surface area contributed by atoms with Gasteiger partial charge in [0, 0.05) is 39.0 Å². The normalized spacial score (nSPS) is 13.1. The summed E-state index contributed by atoms with van der Waals surface area (Å²) < 4.78 is 5.47. The fourth-order valence-corrected chi connectivity index (χ4v) is 4.34. The van der Waals surface area contributed by atoms with Crippen LogP contribution in [0.15, 0.2) is 66.7 Å². The monoisotopic (exact) mass is 478 g/mol. The molecule has 3 aromatic carbocycles. The van der Waals surface area contributed by atoms with Crippen molar-refractivity contribution in [2.24, 2.45) is 0 Å². The first kappa shape index (κ1) is 23.1. The highest BCUT2D eigenvalue weighted by atomic mass is 16.5. The number of amides is 1. The van der Waals surface area contributed by atoms with Crippen LogP contribution in [0.1, 0.15) is 60.4 Å². The van der Waals surface area contributed by atoms with Crippen LogP contribution in [0.2, 0.25) is 0 Å². The number of nitrogens with zero attached hydrogens (tertiary/aromatic N) is 1. The molecule has 1 atom stereocenters. The first-order chi connectivity index (χ1) is 17.2. The molecule has 0 fully saturated rings. The van der Waals surface area contributed by atoms with E-state index in [9.17, 15) is 19.2 Å². The SMILES string of the molecule is Cc1ccc2nc(C)cc(C(=O)OC(C)C(=O)Nc3ccc4c(c3)C(=O)c3ccccc3C4=O)c2c1. The lowest BCUT2D eigenvalue weighted by atomic mass is 9.84. The highest BCUT2D eigenvalue weighted by Gasteiger charge is 2.30. The van der Waals surface area contributed by atoms with Crippen LogP contribution < -0.4 is 5.32 Å². The highest BCUT2D eigenvalue weighted by molar-refractivity contribution is 6.28. The van der Waals surface area contributed by atoms with Crippen molar-refractivity contribution in [2.75, 3.05) is 5.32 Å². The predicted molar refractivity (Wildman–Crippen MR) is 134 cm³/mol. The van der Waals surface area contributed by atoms with Crippen LogP contribution in [0, 0.1) is 13.8 Å². The molecule has 1 aromatic heterocycles. The van der Waals surface area contributed by atoms with Crippen molar-refractivity contribution in [2.45, 2.75) is 26.9 Å². The zero-order valence-corrected chi connectivity index (χ0v) is 19.9. The molecule has 1 heterocycles. The van der Waals surface area contributed by atoms with E-state index in [2.05, 4.69) is 10.3 Å². The predicted octanol–water partition coefficient (Wildman–Crippen LogP) is 4.81. The number of pyridine rings is 1. The lowest BCUT2D eigenvalue weighted by molar-refractivity contribution is -0.123. The Morgan fingerprint density at radius 1 is 0.833 bits per heavy atom. The summed E-state index contributed by atoms with van der Waals surface area (Å²) in [5, 5.41) is 3.32. The molecule has 7 nitrogen and oxygen atoms in total. The number of nitrogens with one attached hydrogen (secondary N) is 1. The zero-order valence-electron chi connectivity index (χ0n) is 19.9. The van der Waals surface area contributed by atoms with E-state index in [-0.39, 0.29) is 22.7 Å². The average Bonchev–Trinajstić information content (AvgIpc) is 2.87. The third-order valence-corrected chi connectivity index (χ3v) is 6.16. The summed E-state index contributed by atoms with van der Waals surface area (Å²) in [6.45, 7) is 5.17. The van der Waals surface area contributed by atoms with Crippen LogP contribution in [-0.2, 0) is 9.53 Å². The van der Waals surface area contributed by atoms with Gasteiger partial charge in [0.15, 0.2) is 17.7 Å². The number of esters is 1. The second-order valence-corrected chi connectivity index (χ2v) is 8.83. The number of anilines is 1. The Morgan fingerprint density at radius 3 is 2.22 bits per heavy atom. The van der Waals surface area contributed by atoms with Gasteiger partial charge in [0.1, 0.15) is 0 Å². The van der Waals surface area contributed by atoms with E-state index in [1.165, 1.54) is 19.1 Å². The number of benzene rings is 3. The maximum absolute atomic E-state index is 13.0. The molecule has 0 saturated heterocycles. The second-order valence-electron chi connectivity index (χ2n) is 8.83. The van der Waals surface area contributed by atoms with Crippen molar-refractivity contribution >= 4 is 40.0 Å². The number of hydrogen-bond donors (Lipinski definition) is 1. The Bertz CT molecular complexity index is 1610. The Kier molecular flexibility index (Phi) is 5.68. The van der Waals surface area contributed by atoms with Gasteiger partial charge in [0.2, 0.25) is 0 Å². The number of aromatic nitrogens is 1. The Labute approximate surface area is 207 Å². The fraction of sp³-hybridized carbons (Fsp3) is 0.138. The summed E-state index contributed by atoms with van der Waals surface area (Å²) in [6, 6.07) is 18.4. The summed E-state index contributed by atoms with van der Waals surface area (Å²) >= 11 is 0. The topological polar surface area (TPSA) is 102 Å². The quantitative estimate of drug-likeness (QED) is 0.372. The minimum atomic E-state index is -1.11. The Morgan fingerprint density at radius 2 is 1.50 bits per heavy atom. The fourth-order valence-electron chi connectivity index (χ4n) is 4.34. The van der Waals surface area contributed by atoms with E-state index >= 15 is 0 Å². The molecule has 36 heavy (non-hydrogen) atoms. The molecule has 1 aliphatic carbocycles. The first-order valence-electron chi connectivity index (χ1n) is 11.5. The van der Waals surface area contributed by atoms with Crippen molar-refractivity contribution in [3.05, 3.63) is 106 Å². The molecular weight excluding hydrogens is 456 g/mol. The summed E-state index contributed by atoms with van der Waals surface area (Å²) in [4.78, 5) is 56.0. The highest BCUT2D eigenvalue weighted by Crippen LogP contribution is 2.29. The standard InChI is InChI=1S/C29H22N2O5/c1-15-8-11-25-22(12-15)24(13-16(2)30-25)29(35)36-17(3)28(34)31-18-9-10-21-23(14-18)27(33)20-7-5-4-6-19(20)26(21)32/h4-14,17H,1-3H3,(H,31,34). The molecule has 4 aromatic rings. The molecule has 5 rings (SSSR count). The van der Waals surface area contributed by atoms with Gasteiger partial charge in [0.25, 0.3) is 5.91 Å². The molecule has 1 N–H and O–H groups in total. The van der Waals surface area contributed by atoms with E-state index in [0.717, 1.165) is 5.56 Å². The maximum atomic E-state index is 13.0. The van der Waals surface area contributed by atoms with Crippen molar-refractivity contribution in [3.8, 4) is 0 Å². The van der Waals surface area contributed by atoms with Crippen LogP contribution >= 0.6 is 0 Å². The number of hydrogen-bond acceptors (Lipinski definition) is 6. The molecule has 0 spiro atoms. The van der Waals surface area contributed by atoms with E-state index in [1.54, 1.807) is 43.3 Å². The van der Waals surface area contributed by atoms with Crippen molar-refractivity contribution < 1.29 is 23.9 Å². The molecular formula is C29H22N2O5. The molecule has 0 bridgehead atoms. The van der Waals surface area contributed by atoms with E-state index in [0.29, 0.717) is 39.0 Å². The van der Waals surface area contributed by atoms with Gasteiger partial charge in [-0.05, 0) is 57.2 Å². The van der Waals surface area contributed by atoms with Gasteiger partial charge in [-0.3, -0.25) is 19.4 Å².